The molecule has 0 aliphatic carbocycles. The fourth-order valence-electron chi connectivity index (χ4n) is 3.89. The number of rotatable bonds is 4. The molecule has 0 aromatic heterocycles. The van der Waals surface area contributed by atoms with Gasteiger partial charge >= 0.3 is 0 Å². The van der Waals surface area contributed by atoms with Crippen LogP contribution in [0.25, 0.3) is 0 Å². The van der Waals surface area contributed by atoms with Gasteiger partial charge < -0.3 is 5.73 Å². The van der Waals surface area contributed by atoms with Crippen LogP contribution in [-0.2, 0) is 14.8 Å². The van der Waals surface area contributed by atoms with Crippen molar-refractivity contribution in [1.82, 2.24) is 9.21 Å². The number of likely N-dealkylation sites (tertiary alicyclic amines) is 1. The Morgan fingerprint density at radius 3 is 2.08 bits per heavy atom. The van der Waals surface area contributed by atoms with Gasteiger partial charge in [-0.25, -0.2) is 8.42 Å². The standard InChI is InChI=1S/C17H24BrN3O3S/c18-14-4-6-15(7-5-14)25(23,24)21-12-8-17(9-13-21,16(19)22)20-10-2-1-3-11-20/h4-7H,1-3,8-13H2,(H2,19,22). The fourth-order valence-corrected chi connectivity index (χ4v) is 5.60. The van der Waals surface area contributed by atoms with Crippen LogP contribution in [0.15, 0.2) is 33.6 Å². The number of sulfonamides is 1. The Labute approximate surface area is 157 Å². The zero-order chi connectivity index (χ0) is 18.1. The smallest absolute Gasteiger partial charge is 0.243 e. The van der Waals surface area contributed by atoms with Crippen LogP contribution in [0.2, 0.25) is 0 Å². The Balaban J connectivity index is 1.77. The van der Waals surface area contributed by atoms with Crippen molar-refractivity contribution in [3.05, 3.63) is 28.7 Å². The molecule has 0 spiro atoms. The SMILES string of the molecule is NC(=O)C1(N2CCCCC2)CCN(S(=O)(=O)c2ccc(Br)cc2)CC1. The number of piperidine rings is 2. The number of primary amides is 1. The maximum Gasteiger partial charge on any atom is 0.243 e. The van der Waals surface area contributed by atoms with E-state index in [0.29, 0.717) is 25.9 Å². The molecule has 0 saturated carbocycles. The highest BCUT2D eigenvalue weighted by Gasteiger charge is 2.46. The van der Waals surface area contributed by atoms with E-state index in [-0.39, 0.29) is 10.8 Å². The van der Waals surface area contributed by atoms with Gasteiger partial charge in [0.2, 0.25) is 15.9 Å². The van der Waals surface area contributed by atoms with Crippen molar-refractivity contribution >= 4 is 31.9 Å². The van der Waals surface area contributed by atoms with Gasteiger partial charge in [-0.15, -0.1) is 0 Å². The summed E-state index contributed by atoms with van der Waals surface area (Å²) in [7, 11) is -3.54. The van der Waals surface area contributed by atoms with Crippen molar-refractivity contribution < 1.29 is 13.2 Å². The molecule has 25 heavy (non-hydrogen) atoms. The number of hydrogen-bond donors (Lipinski definition) is 1. The minimum absolute atomic E-state index is 0.278. The second kappa shape index (κ2) is 7.34. The summed E-state index contributed by atoms with van der Waals surface area (Å²) < 4.78 is 28.0. The maximum absolute atomic E-state index is 12.8. The summed E-state index contributed by atoms with van der Waals surface area (Å²) in [6.45, 7) is 2.36. The summed E-state index contributed by atoms with van der Waals surface area (Å²) in [5.74, 6) is -0.324. The lowest BCUT2D eigenvalue weighted by Crippen LogP contribution is -2.63. The van der Waals surface area contributed by atoms with Crippen LogP contribution in [0.3, 0.4) is 0 Å². The Kier molecular flexibility index (Phi) is 5.53. The van der Waals surface area contributed by atoms with Crippen LogP contribution >= 0.6 is 15.9 Å². The molecule has 2 aliphatic rings. The highest BCUT2D eigenvalue weighted by Crippen LogP contribution is 2.33. The Hall–Kier alpha value is -0.960. The largest absolute Gasteiger partial charge is 0.368 e. The van der Waals surface area contributed by atoms with E-state index < -0.39 is 15.6 Å². The van der Waals surface area contributed by atoms with Gasteiger partial charge in [-0.05, 0) is 63.0 Å². The number of hydrogen-bond acceptors (Lipinski definition) is 4. The number of carbonyl (C=O) groups excluding carboxylic acids is 1. The van der Waals surface area contributed by atoms with E-state index in [1.807, 2.05) is 0 Å². The van der Waals surface area contributed by atoms with E-state index in [1.54, 1.807) is 24.3 Å². The van der Waals surface area contributed by atoms with Crippen LogP contribution in [0.5, 0.6) is 0 Å². The molecule has 2 heterocycles. The number of halogens is 1. The summed E-state index contributed by atoms with van der Waals surface area (Å²) in [5.41, 5.74) is 5.06. The Morgan fingerprint density at radius 2 is 1.56 bits per heavy atom. The normalized spacial score (nSPS) is 22.6. The monoisotopic (exact) mass is 429 g/mol. The third kappa shape index (κ3) is 3.63. The molecule has 1 amide bonds. The van der Waals surface area contributed by atoms with Crippen LogP contribution < -0.4 is 5.73 Å². The van der Waals surface area contributed by atoms with Gasteiger partial charge in [0.25, 0.3) is 0 Å². The first-order chi connectivity index (χ1) is 11.9. The van der Waals surface area contributed by atoms with Gasteiger partial charge in [-0.2, -0.15) is 4.31 Å². The molecule has 0 bridgehead atoms. The summed E-state index contributed by atoms with van der Waals surface area (Å²) in [4.78, 5) is 14.7. The zero-order valence-corrected chi connectivity index (χ0v) is 16.6. The highest BCUT2D eigenvalue weighted by atomic mass is 79.9. The predicted molar refractivity (Wildman–Crippen MR) is 99.5 cm³/mol. The summed E-state index contributed by atoms with van der Waals surface area (Å²) in [5, 5.41) is 0. The molecular weight excluding hydrogens is 406 g/mol. The van der Waals surface area contributed by atoms with Crippen LogP contribution in [0, 0.1) is 0 Å². The van der Waals surface area contributed by atoms with Crippen molar-refractivity contribution in [3.8, 4) is 0 Å². The molecule has 2 saturated heterocycles. The van der Waals surface area contributed by atoms with Crippen molar-refractivity contribution in [3.63, 3.8) is 0 Å². The van der Waals surface area contributed by atoms with Gasteiger partial charge in [0.1, 0.15) is 5.54 Å². The van der Waals surface area contributed by atoms with Crippen molar-refractivity contribution in [2.45, 2.75) is 42.5 Å². The van der Waals surface area contributed by atoms with Gasteiger partial charge in [0, 0.05) is 17.6 Å². The molecule has 2 aliphatic heterocycles. The summed E-state index contributed by atoms with van der Waals surface area (Å²) in [6.07, 6.45) is 4.22. The number of benzene rings is 1. The van der Waals surface area contributed by atoms with Crippen molar-refractivity contribution in [2.75, 3.05) is 26.2 Å². The summed E-state index contributed by atoms with van der Waals surface area (Å²) in [6, 6.07) is 6.64. The lowest BCUT2D eigenvalue weighted by Gasteiger charge is -2.47. The number of nitrogens with zero attached hydrogens (tertiary/aromatic N) is 2. The van der Waals surface area contributed by atoms with Crippen molar-refractivity contribution in [1.29, 1.82) is 0 Å². The number of nitrogens with two attached hydrogens (primary N) is 1. The van der Waals surface area contributed by atoms with Gasteiger partial charge in [0.05, 0.1) is 4.90 Å². The fraction of sp³-hybridized carbons (Fsp3) is 0.588. The van der Waals surface area contributed by atoms with E-state index in [2.05, 4.69) is 20.8 Å². The minimum atomic E-state index is -3.54. The van der Waals surface area contributed by atoms with E-state index >= 15 is 0 Å². The first kappa shape index (κ1) is 18.8. The maximum atomic E-state index is 12.8. The molecule has 2 N–H and O–H groups in total. The zero-order valence-electron chi connectivity index (χ0n) is 14.2. The first-order valence-electron chi connectivity index (χ1n) is 8.67. The molecule has 1 aromatic rings. The Morgan fingerprint density at radius 1 is 1.00 bits per heavy atom. The molecule has 0 unspecified atom stereocenters. The predicted octanol–water partition coefficient (Wildman–Crippen LogP) is 1.94. The van der Waals surface area contributed by atoms with E-state index in [9.17, 15) is 13.2 Å². The lowest BCUT2D eigenvalue weighted by atomic mass is 9.84. The van der Waals surface area contributed by atoms with Crippen LogP contribution in [0.4, 0.5) is 0 Å². The number of carbonyl (C=O) groups is 1. The second-order valence-corrected chi connectivity index (χ2v) is 9.66. The second-order valence-electron chi connectivity index (χ2n) is 6.80. The molecule has 8 heteroatoms. The lowest BCUT2D eigenvalue weighted by molar-refractivity contribution is -0.134. The van der Waals surface area contributed by atoms with Crippen molar-refractivity contribution in [2.24, 2.45) is 5.73 Å². The van der Waals surface area contributed by atoms with Crippen LogP contribution in [-0.4, -0.2) is 55.2 Å². The van der Waals surface area contributed by atoms with Gasteiger partial charge in [-0.1, -0.05) is 22.4 Å². The third-order valence-corrected chi connectivity index (χ3v) is 7.86. The average Bonchev–Trinajstić information content (AvgIpc) is 2.62. The van der Waals surface area contributed by atoms with Crippen LogP contribution in [0.1, 0.15) is 32.1 Å². The average molecular weight is 430 g/mol. The molecule has 6 nitrogen and oxygen atoms in total. The third-order valence-electron chi connectivity index (χ3n) is 5.42. The summed E-state index contributed by atoms with van der Waals surface area (Å²) >= 11 is 3.32. The Bertz CT molecular complexity index is 722. The minimum Gasteiger partial charge on any atom is -0.368 e. The molecular formula is C17H24BrN3O3S. The van der Waals surface area contributed by atoms with Gasteiger partial charge in [0.15, 0.2) is 0 Å². The molecule has 3 rings (SSSR count). The first-order valence-corrected chi connectivity index (χ1v) is 10.9. The molecule has 0 radical (unpaired) electrons. The molecule has 2 fully saturated rings. The highest BCUT2D eigenvalue weighted by molar-refractivity contribution is 9.10. The molecule has 138 valence electrons. The molecule has 1 aromatic carbocycles. The van der Waals surface area contributed by atoms with E-state index in [0.717, 1.165) is 30.4 Å². The van der Waals surface area contributed by atoms with E-state index in [1.165, 1.54) is 10.7 Å². The topological polar surface area (TPSA) is 83.7 Å². The quantitative estimate of drug-likeness (QED) is 0.792. The van der Waals surface area contributed by atoms with E-state index in [4.69, 9.17) is 5.73 Å². The number of amides is 1. The molecule has 0 atom stereocenters. The van der Waals surface area contributed by atoms with Gasteiger partial charge in [-0.3, -0.25) is 9.69 Å².